The molecule has 3 heterocycles. The SMILES string of the molecule is CC1=NN(C)c2nc3c(c(=O)n(Cc4ccccc4Cl)c(=O)n3C)n2[C@H]1C. The second-order valence-electron chi connectivity index (χ2n) is 6.72. The predicted molar refractivity (Wildman–Crippen MR) is 106 cm³/mol. The summed E-state index contributed by atoms with van der Waals surface area (Å²) in [7, 11) is 3.39. The van der Waals surface area contributed by atoms with E-state index in [1.165, 1.54) is 9.13 Å². The van der Waals surface area contributed by atoms with Crippen molar-refractivity contribution in [2.24, 2.45) is 12.1 Å². The molecule has 9 heteroatoms. The molecule has 8 nitrogen and oxygen atoms in total. The van der Waals surface area contributed by atoms with E-state index in [-0.39, 0.29) is 18.1 Å². The molecule has 0 amide bonds. The number of aromatic nitrogens is 4. The summed E-state index contributed by atoms with van der Waals surface area (Å²) in [5, 5.41) is 6.57. The average molecular weight is 387 g/mol. The van der Waals surface area contributed by atoms with Gasteiger partial charge in [0.15, 0.2) is 11.2 Å². The van der Waals surface area contributed by atoms with E-state index in [0.29, 0.717) is 27.7 Å². The number of hydrazone groups is 1. The summed E-state index contributed by atoms with van der Waals surface area (Å²) in [6, 6.07) is 7.04. The van der Waals surface area contributed by atoms with Gasteiger partial charge < -0.3 is 0 Å². The minimum atomic E-state index is -0.434. The lowest BCUT2D eigenvalue weighted by Gasteiger charge is -2.26. The zero-order chi connectivity index (χ0) is 19.5. The van der Waals surface area contributed by atoms with Gasteiger partial charge in [0, 0.05) is 19.1 Å². The monoisotopic (exact) mass is 386 g/mol. The number of aryl methyl sites for hydroxylation is 1. The number of halogens is 1. The van der Waals surface area contributed by atoms with Gasteiger partial charge in [-0.05, 0) is 25.5 Å². The first-order valence-electron chi connectivity index (χ1n) is 8.55. The Labute approximate surface area is 159 Å². The first kappa shape index (κ1) is 17.5. The van der Waals surface area contributed by atoms with E-state index >= 15 is 0 Å². The van der Waals surface area contributed by atoms with E-state index in [9.17, 15) is 9.59 Å². The maximum absolute atomic E-state index is 13.3. The predicted octanol–water partition coefficient (Wildman–Crippen LogP) is 1.99. The summed E-state index contributed by atoms with van der Waals surface area (Å²) >= 11 is 6.23. The van der Waals surface area contributed by atoms with Crippen molar-refractivity contribution in [3.05, 3.63) is 55.7 Å². The van der Waals surface area contributed by atoms with Crippen LogP contribution in [0.25, 0.3) is 11.2 Å². The molecule has 2 aromatic heterocycles. The van der Waals surface area contributed by atoms with E-state index < -0.39 is 5.69 Å². The van der Waals surface area contributed by atoms with Crippen molar-refractivity contribution < 1.29 is 0 Å². The highest BCUT2D eigenvalue weighted by Gasteiger charge is 2.29. The Hall–Kier alpha value is -2.87. The third kappa shape index (κ3) is 2.51. The fourth-order valence-electron chi connectivity index (χ4n) is 3.41. The third-order valence-electron chi connectivity index (χ3n) is 5.03. The number of fused-ring (bicyclic) bond motifs is 3. The Kier molecular flexibility index (Phi) is 3.96. The lowest BCUT2D eigenvalue weighted by Crippen LogP contribution is -2.40. The van der Waals surface area contributed by atoms with Gasteiger partial charge in [0.2, 0.25) is 5.95 Å². The maximum atomic E-state index is 13.3. The van der Waals surface area contributed by atoms with Crippen molar-refractivity contribution in [2.45, 2.75) is 26.4 Å². The summed E-state index contributed by atoms with van der Waals surface area (Å²) < 4.78 is 4.43. The summed E-state index contributed by atoms with van der Waals surface area (Å²) in [6.45, 7) is 3.96. The lowest BCUT2D eigenvalue weighted by molar-refractivity contribution is 0.638. The molecule has 0 aliphatic carbocycles. The fraction of sp³-hybridized carbons (Fsp3) is 0.333. The molecule has 0 bridgehead atoms. The number of anilines is 1. The second-order valence-corrected chi connectivity index (χ2v) is 7.13. The second kappa shape index (κ2) is 6.09. The Morgan fingerprint density at radius 2 is 1.89 bits per heavy atom. The number of hydrogen-bond donors (Lipinski definition) is 0. The molecule has 1 aliphatic rings. The largest absolute Gasteiger partial charge is 0.332 e. The van der Waals surface area contributed by atoms with Gasteiger partial charge in [-0.2, -0.15) is 10.1 Å². The fourth-order valence-corrected chi connectivity index (χ4v) is 3.61. The molecular formula is C18H19ClN6O2. The van der Waals surface area contributed by atoms with Crippen LogP contribution >= 0.6 is 11.6 Å². The van der Waals surface area contributed by atoms with E-state index in [1.807, 2.05) is 30.5 Å². The molecule has 1 aromatic carbocycles. The van der Waals surface area contributed by atoms with E-state index in [1.54, 1.807) is 31.2 Å². The van der Waals surface area contributed by atoms with Gasteiger partial charge in [0.25, 0.3) is 5.56 Å². The first-order valence-corrected chi connectivity index (χ1v) is 8.93. The van der Waals surface area contributed by atoms with Gasteiger partial charge in [0.1, 0.15) is 0 Å². The topological polar surface area (TPSA) is 77.4 Å². The molecule has 0 saturated heterocycles. The number of hydrogen-bond acceptors (Lipinski definition) is 5. The minimum Gasteiger partial charge on any atom is -0.294 e. The van der Waals surface area contributed by atoms with Gasteiger partial charge >= 0.3 is 5.69 Å². The van der Waals surface area contributed by atoms with Gasteiger partial charge in [0.05, 0.1) is 18.3 Å². The number of rotatable bonds is 2. The summed E-state index contributed by atoms with van der Waals surface area (Å²) in [6.07, 6.45) is 0. The Bertz CT molecular complexity index is 1220. The quantitative estimate of drug-likeness (QED) is 0.674. The zero-order valence-electron chi connectivity index (χ0n) is 15.5. The van der Waals surface area contributed by atoms with Gasteiger partial charge in [-0.25, -0.2) is 9.80 Å². The molecule has 0 radical (unpaired) electrons. The Balaban J connectivity index is 2.03. The van der Waals surface area contributed by atoms with E-state index in [2.05, 4.69) is 10.1 Å². The van der Waals surface area contributed by atoms with Crippen molar-refractivity contribution in [3.63, 3.8) is 0 Å². The highest BCUT2D eigenvalue weighted by atomic mass is 35.5. The maximum Gasteiger partial charge on any atom is 0.332 e. The van der Waals surface area contributed by atoms with Crippen LogP contribution in [0.1, 0.15) is 25.5 Å². The first-order chi connectivity index (χ1) is 12.8. The van der Waals surface area contributed by atoms with Gasteiger partial charge in [-0.15, -0.1) is 0 Å². The molecule has 0 fully saturated rings. The smallest absolute Gasteiger partial charge is 0.294 e. The van der Waals surface area contributed by atoms with Crippen LogP contribution < -0.4 is 16.3 Å². The summed E-state index contributed by atoms with van der Waals surface area (Å²) in [5.74, 6) is 0.533. The van der Waals surface area contributed by atoms with Crippen molar-refractivity contribution in [1.82, 2.24) is 18.7 Å². The van der Waals surface area contributed by atoms with E-state index in [0.717, 1.165) is 5.71 Å². The Morgan fingerprint density at radius 3 is 2.59 bits per heavy atom. The van der Waals surface area contributed by atoms with Crippen LogP contribution in [-0.2, 0) is 13.6 Å². The molecule has 1 atom stereocenters. The molecular weight excluding hydrogens is 368 g/mol. The lowest BCUT2D eigenvalue weighted by atomic mass is 10.2. The van der Waals surface area contributed by atoms with Crippen molar-refractivity contribution in [1.29, 1.82) is 0 Å². The van der Waals surface area contributed by atoms with Crippen LogP contribution in [0.5, 0.6) is 0 Å². The summed E-state index contributed by atoms with van der Waals surface area (Å²) in [5.41, 5.74) is 1.47. The molecule has 0 spiro atoms. The van der Waals surface area contributed by atoms with Crippen molar-refractivity contribution in [2.75, 3.05) is 12.1 Å². The highest BCUT2D eigenvalue weighted by Crippen LogP contribution is 2.28. The average Bonchev–Trinajstić information content (AvgIpc) is 3.04. The van der Waals surface area contributed by atoms with Crippen LogP contribution in [-0.4, -0.2) is 31.4 Å². The number of nitrogens with zero attached hydrogens (tertiary/aromatic N) is 6. The summed E-state index contributed by atoms with van der Waals surface area (Å²) in [4.78, 5) is 30.7. The van der Waals surface area contributed by atoms with Gasteiger partial charge in [-0.1, -0.05) is 29.8 Å². The standard InChI is InChI=1S/C18H19ClN6O2/c1-10-11(2)25-14-15(20-17(25)23(4)21-10)22(3)18(27)24(16(14)26)9-12-7-5-6-8-13(12)19/h5-8,11H,9H2,1-4H3/t11-/m0/s1. The van der Waals surface area contributed by atoms with Crippen LogP contribution in [0.3, 0.4) is 0 Å². The number of imidazole rings is 1. The van der Waals surface area contributed by atoms with Gasteiger partial charge in [-0.3, -0.25) is 18.5 Å². The highest BCUT2D eigenvalue weighted by molar-refractivity contribution is 6.31. The van der Waals surface area contributed by atoms with Crippen LogP contribution in [0, 0.1) is 0 Å². The molecule has 0 N–H and O–H groups in total. The normalized spacial score (nSPS) is 16.6. The van der Waals surface area contributed by atoms with Crippen molar-refractivity contribution >= 4 is 34.4 Å². The molecule has 4 rings (SSSR count). The molecule has 0 unspecified atom stereocenters. The van der Waals surface area contributed by atoms with Crippen molar-refractivity contribution in [3.8, 4) is 0 Å². The van der Waals surface area contributed by atoms with E-state index in [4.69, 9.17) is 11.6 Å². The van der Waals surface area contributed by atoms with Crippen LogP contribution in [0.2, 0.25) is 5.02 Å². The van der Waals surface area contributed by atoms with Crippen LogP contribution in [0.15, 0.2) is 39.0 Å². The molecule has 140 valence electrons. The minimum absolute atomic E-state index is 0.0962. The molecule has 0 saturated carbocycles. The Morgan fingerprint density at radius 1 is 1.19 bits per heavy atom. The third-order valence-corrected chi connectivity index (χ3v) is 5.40. The molecule has 27 heavy (non-hydrogen) atoms. The number of benzene rings is 1. The molecule has 3 aromatic rings. The molecule has 1 aliphatic heterocycles. The van der Waals surface area contributed by atoms with Crippen LogP contribution in [0.4, 0.5) is 5.95 Å². The zero-order valence-corrected chi connectivity index (χ0v) is 16.2.